The molecule has 0 radical (unpaired) electrons. The number of nitrogens with one attached hydrogen (secondary N) is 2. The average Bonchev–Trinajstić information content (AvgIpc) is 3.39. The van der Waals surface area contributed by atoms with Crippen LogP contribution >= 0.6 is 23.1 Å². The molecule has 5 nitrogen and oxygen atoms in total. The number of aromatic nitrogens is 2. The molecule has 27 heavy (non-hydrogen) atoms. The van der Waals surface area contributed by atoms with E-state index in [0.29, 0.717) is 6.04 Å². The van der Waals surface area contributed by atoms with Crippen molar-refractivity contribution in [3.05, 3.63) is 65.7 Å². The maximum Gasteiger partial charge on any atom is 0.238 e. The second kappa shape index (κ2) is 8.10. The smallest absolute Gasteiger partial charge is 0.238 e. The number of hydrogen-bond donors (Lipinski definition) is 2. The van der Waals surface area contributed by atoms with Crippen LogP contribution in [0.4, 0.5) is 10.8 Å². The Morgan fingerprint density at radius 1 is 1.11 bits per heavy atom. The summed E-state index contributed by atoms with van der Waals surface area (Å²) in [7, 11) is 0. The number of anilines is 2. The van der Waals surface area contributed by atoms with Crippen LogP contribution < -0.4 is 10.6 Å². The first-order valence-corrected chi connectivity index (χ1v) is 10.6. The van der Waals surface area contributed by atoms with Gasteiger partial charge in [0.25, 0.3) is 0 Å². The number of thioether (sulfide) groups is 1. The number of rotatable bonds is 7. The summed E-state index contributed by atoms with van der Waals surface area (Å²) in [6.07, 6.45) is 2.14. The molecule has 138 valence electrons. The zero-order valence-corrected chi connectivity index (χ0v) is 16.5. The third-order valence-electron chi connectivity index (χ3n) is 4.28. The molecule has 1 amide bonds. The van der Waals surface area contributed by atoms with Gasteiger partial charge in [0.05, 0.1) is 0 Å². The van der Waals surface area contributed by atoms with Gasteiger partial charge in [-0.05, 0) is 37.0 Å². The zero-order valence-electron chi connectivity index (χ0n) is 14.9. The number of hydrogen-bond acceptors (Lipinski definition) is 6. The van der Waals surface area contributed by atoms with E-state index in [9.17, 15) is 4.79 Å². The minimum atomic E-state index is -0.328. The first-order chi connectivity index (χ1) is 13.2. The predicted molar refractivity (Wildman–Crippen MR) is 111 cm³/mol. The lowest BCUT2D eigenvalue weighted by Crippen LogP contribution is -2.29. The largest absolute Gasteiger partial charge is 0.352 e. The van der Waals surface area contributed by atoms with E-state index in [1.54, 1.807) is 0 Å². The maximum absolute atomic E-state index is 12.7. The molecule has 0 spiro atoms. The highest BCUT2D eigenvalue weighted by Gasteiger charge is 2.29. The second-order valence-electron chi connectivity index (χ2n) is 6.50. The molecule has 0 aliphatic heterocycles. The molecule has 2 N–H and O–H groups in total. The Bertz CT molecular complexity index is 924. The minimum absolute atomic E-state index is 0.0392. The predicted octanol–water partition coefficient (Wildman–Crippen LogP) is 4.70. The highest BCUT2D eigenvalue weighted by atomic mass is 32.2. The Balaban J connectivity index is 1.50. The number of nitrogens with zero attached hydrogens (tertiary/aromatic N) is 2. The van der Waals surface area contributed by atoms with Crippen LogP contribution in [0, 0.1) is 6.92 Å². The van der Waals surface area contributed by atoms with Crippen molar-refractivity contribution in [1.29, 1.82) is 0 Å². The van der Waals surface area contributed by atoms with Gasteiger partial charge in [0.2, 0.25) is 11.0 Å². The topological polar surface area (TPSA) is 66.9 Å². The lowest BCUT2D eigenvalue weighted by Gasteiger charge is -2.15. The Hall–Kier alpha value is -2.38. The Morgan fingerprint density at radius 2 is 1.85 bits per heavy atom. The summed E-state index contributed by atoms with van der Waals surface area (Å²) in [6.45, 7) is 2.05. The van der Waals surface area contributed by atoms with Gasteiger partial charge in [0, 0.05) is 11.7 Å². The van der Waals surface area contributed by atoms with E-state index in [4.69, 9.17) is 0 Å². The molecule has 3 aromatic rings. The zero-order chi connectivity index (χ0) is 18.6. The van der Waals surface area contributed by atoms with Gasteiger partial charge in [-0.3, -0.25) is 4.79 Å². The number of benzene rings is 2. The van der Waals surface area contributed by atoms with Crippen LogP contribution in [0.15, 0.2) is 58.9 Å². The van der Waals surface area contributed by atoms with E-state index in [1.807, 2.05) is 61.5 Å². The molecule has 7 heteroatoms. The summed E-state index contributed by atoms with van der Waals surface area (Å²) in [5, 5.41) is 15.3. The summed E-state index contributed by atoms with van der Waals surface area (Å²) in [5.41, 5.74) is 3.13. The summed E-state index contributed by atoms with van der Waals surface area (Å²) in [4.78, 5) is 12.7. The summed E-state index contributed by atoms with van der Waals surface area (Å²) in [5.74, 6) is 0.0392. The van der Waals surface area contributed by atoms with Crippen molar-refractivity contribution in [2.75, 3.05) is 5.32 Å². The van der Waals surface area contributed by atoms with Crippen molar-refractivity contribution in [2.45, 2.75) is 35.4 Å². The van der Waals surface area contributed by atoms with E-state index < -0.39 is 0 Å². The monoisotopic (exact) mass is 396 g/mol. The molecule has 1 saturated carbocycles. The summed E-state index contributed by atoms with van der Waals surface area (Å²) in [6, 6.07) is 18.2. The van der Waals surface area contributed by atoms with Gasteiger partial charge in [-0.15, -0.1) is 10.2 Å². The Morgan fingerprint density at radius 3 is 2.59 bits per heavy atom. The molecular formula is C20H20N4OS2. The van der Waals surface area contributed by atoms with Crippen molar-refractivity contribution in [3.63, 3.8) is 0 Å². The Labute approximate surface area is 166 Å². The normalized spacial score (nSPS) is 14.6. The van der Waals surface area contributed by atoms with Gasteiger partial charge in [-0.2, -0.15) is 0 Å². The van der Waals surface area contributed by atoms with E-state index in [0.717, 1.165) is 39.1 Å². The van der Waals surface area contributed by atoms with Gasteiger partial charge in [0.15, 0.2) is 4.34 Å². The molecule has 1 aliphatic carbocycles. The lowest BCUT2D eigenvalue weighted by molar-refractivity contribution is -0.120. The highest BCUT2D eigenvalue weighted by molar-refractivity contribution is 8.01. The molecule has 1 heterocycles. The van der Waals surface area contributed by atoms with Crippen molar-refractivity contribution >= 4 is 39.8 Å². The standard InChI is InChI=1S/C20H20N4OS2/c1-13-7-5-6-10-16(13)22-19-23-24-20(27-19)26-17(14-8-3-2-4-9-14)18(25)21-15-11-12-15/h2-10,15,17H,11-12H2,1H3,(H,21,25)(H,22,23)/t17-/m0/s1. The molecule has 1 fully saturated rings. The number of carbonyl (C=O) groups is 1. The van der Waals surface area contributed by atoms with Crippen molar-refractivity contribution < 1.29 is 4.79 Å². The van der Waals surface area contributed by atoms with Crippen LogP contribution in [-0.2, 0) is 4.79 Å². The molecule has 4 rings (SSSR count). The maximum atomic E-state index is 12.7. The Kier molecular flexibility index (Phi) is 5.40. The third-order valence-corrected chi connectivity index (χ3v) is 6.45. The molecule has 1 aromatic heterocycles. The van der Waals surface area contributed by atoms with Gasteiger partial charge in [-0.1, -0.05) is 71.6 Å². The van der Waals surface area contributed by atoms with Crippen molar-refractivity contribution in [1.82, 2.24) is 15.5 Å². The molecular weight excluding hydrogens is 376 g/mol. The number of carbonyl (C=O) groups excluding carboxylic acids is 1. The van der Waals surface area contributed by atoms with Crippen molar-refractivity contribution in [2.24, 2.45) is 0 Å². The summed E-state index contributed by atoms with van der Waals surface area (Å²) < 4.78 is 0.769. The fourth-order valence-electron chi connectivity index (χ4n) is 2.64. The summed E-state index contributed by atoms with van der Waals surface area (Å²) >= 11 is 2.91. The number of aryl methyl sites for hydroxylation is 1. The van der Waals surface area contributed by atoms with Crippen LogP contribution in [0.25, 0.3) is 0 Å². The van der Waals surface area contributed by atoms with E-state index in [2.05, 4.69) is 20.8 Å². The molecule has 0 unspecified atom stereocenters. The first-order valence-electron chi connectivity index (χ1n) is 8.87. The second-order valence-corrected chi connectivity index (χ2v) is 8.83. The quantitative estimate of drug-likeness (QED) is 0.567. The highest BCUT2D eigenvalue weighted by Crippen LogP contribution is 2.39. The van der Waals surface area contributed by atoms with Crippen LogP contribution in [0.3, 0.4) is 0 Å². The van der Waals surface area contributed by atoms with E-state index >= 15 is 0 Å². The van der Waals surface area contributed by atoms with Gasteiger partial charge in [0.1, 0.15) is 5.25 Å². The molecule has 0 bridgehead atoms. The SMILES string of the molecule is Cc1ccccc1Nc1nnc(S[C@H](C(=O)NC2CC2)c2ccccc2)s1. The minimum Gasteiger partial charge on any atom is -0.352 e. The van der Waals surface area contributed by atoms with Crippen LogP contribution in [-0.4, -0.2) is 22.1 Å². The third kappa shape index (κ3) is 4.67. The van der Waals surface area contributed by atoms with Gasteiger partial charge >= 0.3 is 0 Å². The van der Waals surface area contributed by atoms with E-state index in [1.165, 1.54) is 23.1 Å². The lowest BCUT2D eigenvalue weighted by atomic mass is 10.1. The van der Waals surface area contributed by atoms with E-state index in [-0.39, 0.29) is 11.2 Å². The molecule has 0 saturated heterocycles. The van der Waals surface area contributed by atoms with Crippen LogP contribution in [0.5, 0.6) is 0 Å². The fourth-order valence-corrected chi connectivity index (χ4v) is 4.61. The van der Waals surface area contributed by atoms with Gasteiger partial charge < -0.3 is 10.6 Å². The van der Waals surface area contributed by atoms with Crippen molar-refractivity contribution in [3.8, 4) is 0 Å². The number of amides is 1. The van der Waals surface area contributed by atoms with Crippen LogP contribution in [0.2, 0.25) is 0 Å². The molecule has 2 aromatic carbocycles. The average molecular weight is 397 g/mol. The van der Waals surface area contributed by atoms with Crippen LogP contribution in [0.1, 0.15) is 29.2 Å². The van der Waals surface area contributed by atoms with Gasteiger partial charge in [-0.25, -0.2) is 0 Å². The number of para-hydroxylation sites is 1. The molecule has 1 atom stereocenters. The first kappa shape index (κ1) is 18.0. The fraction of sp³-hybridized carbons (Fsp3) is 0.250. The molecule has 1 aliphatic rings.